The molecule has 1 heterocycles. The number of carbonyl (C=O) groups excluding carboxylic acids is 2. The Labute approximate surface area is 205 Å². The highest BCUT2D eigenvalue weighted by molar-refractivity contribution is 6.00. The molecule has 35 heavy (non-hydrogen) atoms. The topological polar surface area (TPSA) is 85.2 Å². The van der Waals surface area contributed by atoms with Gasteiger partial charge in [-0.05, 0) is 62.2 Å². The zero-order valence-electron chi connectivity index (χ0n) is 21.0. The van der Waals surface area contributed by atoms with E-state index in [-0.39, 0.29) is 18.0 Å². The number of ether oxygens (including phenoxy) is 5. The van der Waals surface area contributed by atoms with Crippen LogP contribution in [0.15, 0.2) is 42.5 Å². The van der Waals surface area contributed by atoms with Crippen LogP contribution in [0.4, 0.5) is 0 Å². The summed E-state index contributed by atoms with van der Waals surface area (Å²) < 4.78 is 28.4. The number of ketones is 1. The predicted molar refractivity (Wildman–Crippen MR) is 131 cm³/mol. The number of aromatic nitrogens is 1. The van der Waals surface area contributed by atoms with Crippen molar-refractivity contribution >= 4 is 11.8 Å². The molecule has 0 saturated heterocycles. The summed E-state index contributed by atoms with van der Waals surface area (Å²) in [6, 6.07) is 12.4. The molecule has 0 spiro atoms. The minimum atomic E-state index is -0.610. The molecule has 8 nitrogen and oxygen atoms in total. The minimum Gasteiger partial charge on any atom is -0.493 e. The molecular weight excluding hydrogens is 450 g/mol. The van der Waals surface area contributed by atoms with Crippen LogP contribution in [0.3, 0.4) is 0 Å². The van der Waals surface area contributed by atoms with Crippen molar-refractivity contribution in [2.24, 2.45) is 0 Å². The molecule has 8 heteroatoms. The highest BCUT2D eigenvalue weighted by Crippen LogP contribution is 2.29. The molecule has 186 valence electrons. The van der Waals surface area contributed by atoms with Crippen molar-refractivity contribution in [1.29, 1.82) is 0 Å². The number of esters is 1. The Hall–Kier alpha value is -3.94. The highest BCUT2D eigenvalue weighted by atomic mass is 16.5. The molecule has 0 aliphatic carbocycles. The summed E-state index contributed by atoms with van der Waals surface area (Å²) in [5.74, 6) is 1.40. The van der Waals surface area contributed by atoms with Gasteiger partial charge in [0.15, 0.2) is 29.6 Å². The first-order valence-electron chi connectivity index (χ1n) is 11.1. The molecule has 0 radical (unpaired) electrons. The predicted octanol–water partition coefficient (Wildman–Crippen LogP) is 4.42. The Morgan fingerprint density at radius 2 is 1.37 bits per heavy atom. The van der Waals surface area contributed by atoms with Gasteiger partial charge >= 0.3 is 5.97 Å². The average Bonchev–Trinajstić information content (AvgIpc) is 3.17. The number of hydrogen-bond donors (Lipinski definition) is 0. The van der Waals surface area contributed by atoms with Crippen LogP contribution in [0.5, 0.6) is 23.0 Å². The number of Topliss-reactive ketones (excluding diaryl/α,β-unsaturated/α-hetero) is 1. The number of rotatable bonds is 11. The number of hydrogen-bond acceptors (Lipinski definition) is 7. The fraction of sp³-hybridized carbons (Fsp3) is 0.333. The molecule has 2 aromatic carbocycles. The normalized spacial score (nSPS) is 10.6. The van der Waals surface area contributed by atoms with Crippen molar-refractivity contribution in [3.8, 4) is 23.0 Å². The first-order chi connectivity index (χ1) is 16.8. The quantitative estimate of drug-likeness (QED) is 0.296. The zero-order chi connectivity index (χ0) is 25.5. The summed E-state index contributed by atoms with van der Waals surface area (Å²) >= 11 is 0. The van der Waals surface area contributed by atoms with Crippen molar-refractivity contribution in [1.82, 2.24) is 4.57 Å². The maximum atomic E-state index is 12.9. The second-order valence-electron chi connectivity index (χ2n) is 7.94. The third-order valence-corrected chi connectivity index (χ3v) is 5.90. The summed E-state index contributed by atoms with van der Waals surface area (Å²) in [6.07, 6.45) is 0.749. The van der Waals surface area contributed by atoms with E-state index in [1.807, 2.05) is 38.1 Å². The number of aryl methyl sites for hydroxylation is 2. The number of benzene rings is 2. The van der Waals surface area contributed by atoms with Crippen LogP contribution in [-0.4, -0.2) is 51.4 Å². The third kappa shape index (κ3) is 5.77. The van der Waals surface area contributed by atoms with Crippen LogP contribution in [0, 0.1) is 13.8 Å². The van der Waals surface area contributed by atoms with Crippen LogP contribution in [-0.2, 0) is 17.7 Å². The van der Waals surface area contributed by atoms with Gasteiger partial charge < -0.3 is 28.3 Å². The van der Waals surface area contributed by atoms with Gasteiger partial charge in [0.2, 0.25) is 5.78 Å². The Morgan fingerprint density at radius 1 is 0.771 bits per heavy atom. The van der Waals surface area contributed by atoms with Gasteiger partial charge in [0.05, 0.1) is 34.0 Å². The van der Waals surface area contributed by atoms with E-state index in [9.17, 15) is 9.59 Å². The van der Waals surface area contributed by atoms with E-state index in [1.165, 1.54) is 20.3 Å². The lowest BCUT2D eigenvalue weighted by molar-refractivity contribution is 0.0474. The van der Waals surface area contributed by atoms with E-state index in [0.717, 1.165) is 23.4 Å². The van der Waals surface area contributed by atoms with Gasteiger partial charge in [-0.3, -0.25) is 4.79 Å². The van der Waals surface area contributed by atoms with Crippen LogP contribution in [0.25, 0.3) is 0 Å². The Balaban J connectivity index is 1.66. The fourth-order valence-electron chi connectivity index (χ4n) is 3.96. The fourth-order valence-corrected chi connectivity index (χ4v) is 3.96. The molecule has 0 bridgehead atoms. The molecule has 3 rings (SSSR count). The zero-order valence-corrected chi connectivity index (χ0v) is 21.0. The summed E-state index contributed by atoms with van der Waals surface area (Å²) in [7, 11) is 6.21. The first-order valence-corrected chi connectivity index (χ1v) is 11.1. The number of nitrogens with zero attached hydrogens (tertiary/aromatic N) is 1. The third-order valence-electron chi connectivity index (χ3n) is 5.90. The van der Waals surface area contributed by atoms with E-state index in [2.05, 4.69) is 4.57 Å². The molecule has 0 aliphatic heterocycles. The number of methoxy groups -OCH3 is 4. The van der Waals surface area contributed by atoms with Crippen LogP contribution in [0.1, 0.15) is 37.7 Å². The van der Waals surface area contributed by atoms with Crippen LogP contribution >= 0.6 is 0 Å². The SMILES string of the molecule is COc1ccc(CCn2c(C)cc(C(=O)COC(=O)c3ccc(OC)c(OC)c3)c2C)cc1OC. The van der Waals surface area contributed by atoms with Crippen molar-refractivity contribution in [3.05, 3.63) is 70.5 Å². The summed E-state index contributed by atoms with van der Waals surface area (Å²) in [5, 5.41) is 0. The molecule has 0 saturated carbocycles. The maximum absolute atomic E-state index is 12.9. The molecule has 0 fully saturated rings. The van der Waals surface area contributed by atoms with Crippen LogP contribution < -0.4 is 18.9 Å². The molecule has 0 unspecified atom stereocenters. The molecular formula is C27H31NO7. The lowest BCUT2D eigenvalue weighted by Gasteiger charge is -2.12. The lowest BCUT2D eigenvalue weighted by atomic mass is 10.1. The van der Waals surface area contributed by atoms with Crippen molar-refractivity contribution in [2.75, 3.05) is 35.0 Å². The number of carbonyl (C=O) groups is 2. The summed E-state index contributed by atoms with van der Waals surface area (Å²) in [5.41, 5.74) is 3.69. The van der Waals surface area contributed by atoms with Crippen molar-refractivity contribution in [2.45, 2.75) is 26.8 Å². The van der Waals surface area contributed by atoms with Gasteiger partial charge in [0.25, 0.3) is 0 Å². The largest absolute Gasteiger partial charge is 0.493 e. The maximum Gasteiger partial charge on any atom is 0.338 e. The molecule has 0 aliphatic rings. The summed E-state index contributed by atoms with van der Waals surface area (Å²) in [6.45, 7) is 4.18. The molecule has 1 aromatic heterocycles. The van der Waals surface area contributed by atoms with Gasteiger partial charge in [-0.1, -0.05) is 6.07 Å². The van der Waals surface area contributed by atoms with Gasteiger partial charge in [-0.25, -0.2) is 4.79 Å². The second kappa shape index (κ2) is 11.5. The Bertz CT molecular complexity index is 1210. The molecule has 0 amide bonds. The van der Waals surface area contributed by atoms with E-state index >= 15 is 0 Å². The van der Waals surface area contributed by atoms with Gasteiger partial charge in [0.1, 0.15) is 0 Å². The minimum absolute atomic E-state index is 0.260. The summed E-state index contributed by atoms with van der Waals surface area (Å²) in [4.78, 5) is 25.3. The smallest absolute Gasteiger partial charge is 0.338 e. The van der Waals surface area contributed by atoms with E-state index in [4.69, 9.17) is 23.7 Å². The molecule has 3 aromatic rings. The van der Waals surface area contributed by atoms with Gasteiger partial charge in [-0.2, -0.15) is 0 Å². The Morgan fingerprint density at radius 3 is 2.00 bits per heavy atom. The van der Waals surface area contributed by atoms with Gasteiger partial charge in [-0.15, -0.1) is 0 Å². The molecule has 0 atom stereocenters. The van der Waals surface area contributed by atoms with E-state index in [0.29, 0.717) is 35.1 Å². The van der Waals surface area contributed by atoms with Crippen LogP contribution in [0.2, 0.25) is 0 Å². The average molecular weight is 482 g/mol. The van der Waals surface area contributed by atoms with Crippen molar-refractivity contribution in [3.63, 3.8) is 0 Å². The Kier molecular flexibility index (Phi) is 8.41. The van der Waals surface area contributed by atoms with Crippen molar-refractivity contribution < 1.29 is 33.3 Å². The van der Waals surface area contributed by atoms with E-state index < -0.39 is 5.97 Å². The second-order valence-corrected chi connectivity index (χ2v) is 7.94. The van der Waals surface area contributed by atoms with Gasteiger partial charge in [0, 0.05) is 23.5 Å². The monoisotopic (exact) mass is 481 g/mol. The van der Waals surface area contributed by atoms with E-state index in [1.54, 1.807) is 26.4 Å². The standard InChI is InChI=1S/C27H31NO7/c1-17-13-21(18(2)28(17)12-11-19-7-9-23(31-3)25(14-19)33-5)22(29)16-35-27(30)20-8-10-24(32-4)26(15-20)34-6/h7-10,13-15H,11-12,16H2,1-6H3. The molecule has 0 N–H and O–H groups in total. The highest BCUT2D eigenvalue weighted by Gasteiger charge is 2.19. The lowest BCUT2D eigenvalue weighted by Crippen LogP contribution is -2.15. The first kappa shape index (κ1) is 25.7.